The second-order valence-corrected chi connectivity index (χ2v) is 6.58. The Labute approximate surface area is 161 Å². The monoisotopic (exact) mass is 374 g/mol. The lowest BCUT2D eigenvalue weighted by Crippen LogP contribution is -2.39. The van der Waals surface area contributed by atoms with Gasteiger partial charge in [0.05, 0.1) is 0 Å². The molecule has 1 fully saturated rings. The molecular formula is C21H27ClN2O2. The van der Waals surface area contributed by atoms with Crippen molar-refractivity contribution < 1.29 is 9.53 Å². The van der Waals surface area contributed by atoms with E-state index < -0.39 is 0 Å². The van der Waals surface area contributed by atoms with Gasteiger partial charge in [-0.15, -0.1) is 12.4 Å². The Morgan fingerprint density at radius 1 is 1.12 bits per heavy atom. The first-order valence-corrected chi connectivity index (χ1v) is 9.03. The third-order valence-electron chi connectivity index (χ3n) is 4.56. The first-order chi connectivity index (χ1) is 12.3. The molecule has 0 bridgehead atoms. The van der Waals surface area contributed by atoms with Crippen molar-refractivity contribution in [2.75, 3.05) is 26.2 Å². The van der Waals surface area contributed by atoms with Crippen LogP contribution in [0.1, 0.15) is 24.0 Å². The van der Waals surface area contributed by atoms with Gasteiger partial charge in [0.1, 0.15) is 5.75 Å². The Morgan fingerprint density at radius 3 is 2.65 bits per heavy atom. The number of para-hydroxylation sites is 1. The van der Waals surface area contributed by atoms with Gasteiger partial charge in [-0.2, -0.15) is 0 Å². The molecule has 1 atom stereocenters. The number of hydrogen-bond donors (Lipinski definition) is 2. The number of amides is 1. The summed E-state index contributed by atoms with van der Waals surface area (Å²) in [6.45, 7) is 2.86. The van der Waals surface area contributed by atoms with Gasteiger partial charge in [-0.3, -0.25) is 4.79 Å². The fourth-order valence-corrected chi connectivity index (χ4v) is 3.16. The maximum absolute atomic E-state index is 12.1. The summed E-state index contributed by atoms with van der Waals surface area (Å²) in [5.41, 5.74) is 2.32. The van der Waals surface area contributed by atoms with Crippen LogP contribution in [0.15, 0.2) is 54.6 Å². The lowest BCUT2D eigenvalue weighted by Gasteiger charge is -2.22. The molecule has 1 aliphatic heterocycles. The smallest absolute Gasteiger partial charge is 0.257 e. The summed E-state index contributed by atoms with van der Waals surface area (Å²) in [5, 5.41) is 6.35. The van der Waals surface area contributed by atoms with E-state index >= 15 is 0 Å². The van der Waals surface area contributed by atoms with E-state index in [9.17, 15) is 4.79 Å². The van der Waals surface area contributed by atoms with Crippen molar-refractivity contribution in [1.29, 1.82) is 0 Å². The molecule has 1 unspecified atom stereocenters. The van der Waals surface area contributed by atoms with Gasteiger partial charge in [-0.25, -0.2) is 0 Å². The van der Waals surface area contributed by atoms with Crippen LogP contribution in [0.25, 0.3) is 0 Å². The lowest BCUT2D eigenvalue weighted by molar-refractivity contribution is -0.123. The van der Waals surface area contributed by atoms with Crippen molar-refractivity contribution in [1.82, 2.24) is 10.6 Å². The molecule has 2 aromatic rings. The van der Waals surface area contributed by atoms with Gasteiger partial charge >= 0.3 is 0 Å². The standard InChI is InChI=1S/C21H26N2O2.ClH/c24-21(23-15-18-9-6-12-22-14-18)16-25-20-11-5-4-10-19(20)13-17-7-2-1-3-8-17;/h1-5,7-8,10-11,18,22H,6,9,12-16H2,(H,23,24);1H. The highest BCUT2D eigenvalue weighted by atomic mass is 35.5. The zero-order valence-corrected chi connectivity index (χ0v) is 15.8. The normalized spacial score (nSPS) is 16.4. The Hall–Kier alpha value is -2.04. The van der Waals surface area contributed by atoms with Gasteiger partial charge in [-0.1, -0.05) is 48.5 Å². The number of carbonyl (C=O) groups excluding carboxylic acids is 1. The minimum atomic E-state index is -0.0555. The number of halogens is 1. The number of ether oxygens (including phenoxy) is 1. The molecule has 0 spiro atoms. The molecule has 4 nitrogen and oxygen atoms in total. The topological polar surface area (TPSA) is 50.4 Å². The molecule has 140 valence electrons. The largest absolute Gasteiger partial charge is 0.483 e. The van der Waals surface area contributed by atoms with Crippen LogP contribution in [0.4, 0.5) is 0 Å². The van der Waals surface area contributed by atoms with E-state index in [0.29, 0.717) is 5.92 Å². The quantitative estimate of drug-likeness (QED) is 0.782. The van der Waals surface area contributed by atoms with Gasteiger partial charge in [0, 0.05) is 13.0 Å². The SMILES string of the molecule is Cl.O=C(COc1ccccc1Cc1ccccc1)NCC1CCCNC1. The van der Waals surface area contributed by atoms with Crippen molar-refractivity contribution >= 4 is 18.3 Å². The second-order valence-electron chi connectivity index (χ2n) is 6.58. The van der Waals surface area contributed by atoms with Gasteiger partial charge in [0.15, 0.2) is 6.61 Å². The molecule has 0 aromatic heterocycles. The summed E-state index contributed by atoms with van der Waals surface area (Å²) in [6, 6.07) is 18.2. The van der Waals surface area contributed by atoms with Gasteiger partial charge in [-0.05, 0) is 49.0 Å². The molecule has 0 aliphatic carbocycles. The Kier molecular flexibility index (Phi) is 8.45. The predicted octanol–water partition coefficient (Wildman–Crippen LogP) is 3.19. The molecule has 1 amide bonds. The number of piperidine rings is 1. The molecular weight excluding hydrogens is 348 g/mol. The van der Waals surface area contributed by atoms with E-state index in [4.69, 9.17) is 4.74 Å². The van der Waals surface area contributed by atoms with Crippen molar-refractivity contribution in [3.8, 4) is 5.75 Å². The average Bonchev–Trinajstić information content (AvgIpc) is 2.67. The summed E-state index contributed by atoms with van der Waals surface area (Å²) in [4.78, 5) is 12.1. The van der Waals surface area contributed by atoms with Crippen LogP contribution in [0.5, 0.6) is 5.75 Å². The number of carbonyl (C=O) groups is 1. The van der Waals surface area contributed by atoms with E-state index in [-0.39, 0.29) is 24.9 Å². The van der Waals surface area contributed by atoms with Crippen molar-refractivity contribution in [3.63, 3.8) is 0 Å². The van der Waals surface area contributed by atoms with Crippen LogP contribution in [0, 0.1) is 5.92 Å². The third kappa shape index (κ3) is 6.36. The highest BCUT2D eigenvalue weighted by Gasteiger charge is 2.14. The fraction of sp³-hybridized carbons (Fsp3) is 0.381. The number of benzene rings is 2. The van der Waals surface area contributed by atoms with Gasteiger partial charge in [0.2, 0.25) is 0 Å². The van der Waals surface area contributed by atoms with Gasteiger partial charge in [0.25, 0.3) is 5.91 Å². The van der Waals surface area contributed by atoms with E-state index in [1.54, 1.807) is 0 Å². The first kappa shape index (κ1) is 20.3. The average molecular weight is 375 g/mol. The highest BCUT2D eigenvalue weighted by Crippen LogP contribution is 2.21. The summed E-state index contributed by atoms with van der Waals surface area (Å²) >= 11 is 0. The number of nitrogens with one attached hydrogen (secondary N) is 2. The molecule has 1 heterocycles. The second kappa shape index (κ2) is 10.8. The Bertz CT molecular complexity index is 673. The molecule has 1 saturated heterocycles. The van der Waals surface area contributed by atoms with Crippen LogP contribution < -0.4 is 15.4 Å². The summed E-state index contributed by atoms with van der Waals surface area (Å²) in [7, 11) is 0. The van der Waals surface area contributed by atoms with Crippen molar-refractivity contribution in [2.45, 2.75) is 19.3 Å². The molecule has 0 radical (unpaired) electrons. The molecule has 5 heteroatoms. The minimum Gasteiger partial charge on any atom is -0.483 e. The highest BCUT2D eigenvalue weighted by molar-refractivity contribution is 5.85. The van der Waals surface area contributed by atoms with E-state index in [2.05, 4.69) is 22.8 Å². The number of rotatable bonds is 7. The van der Waals surface area contributed by atoms with Crippen LogP contribution in [-0.2, 0) is 11.2 Å². The predicted molar refractivity (Wildman–Crippen MR) is 107 cm³/mol. The minimum absolute atomic E-state index is 0. The first-order valence-electron chi connectivity index (χ1n) is 9.03. The van der Waals surface area contributed by atoms with Crippen LogP contribution in [0.2, 0.25) is 0 Å². The molecule has 1 aliphatic rings. The van der Waals surface area contributed by atoms with E-state index in [1.165, 1.54) is 18.4 Å². The maximum atomic E-state index is 12.1. The molecule has 0 saturated carbocycles. The summed E-state index contributed by atoms with van der Waals surface area (Å²) < 4.78 is 5.78. The van der Waals surface area contributed by atoms with Crippen LogP contribution >= 0.6 is 12.4 Å². The lowest BCUT2D eigenvalue weighted by atomic mass is 10.00. The zero-order valence-electron chi connectivity index (χ0n) is 14.9. The third-order valence-corrected chi connectivity index (χ3v) is 4.56. The molecule has 2 aromatic carbocycles. The molecule has 3 rings (SSSR count). The van der Waals surface area contributed by atoms with E-state index in [1.807, 2.05) is 42.5 Å². The summed E-state index contributed by atoms with van der Waals surface area (Å²) in [5.74, 6) is 1.25. The fourth-order valence-electron chi connectivity index (χ4n) is 3.16. The van der Waals surface area contributed by atoms with Crippen molar-refractivity contribution in [2.24, 2.45) is 5.92 Å². The van der Waals surface area contributed by atoms with Crippen LogP contribution in [0.3, 0.4) is 0 Å². The molecule has 2 N–H and O–H groups in total. The van der Waals surface area contributed by atoms with Gasteiger partial charge < -0.3 is 15.4 Å². The van der Waals surface area contributed by atoms with Crippen molar-refractivity contribution in [3.05, 3.63) is 65.7 Å². The molecule has 26 heavy (non-hydrogen) atoms. The maximum Gasteiger partial charge on any atom is 0.257 e. The Morgan fingerprint density at radius 2 is 1.88 bits per heavy atom. The number of hydrogen-bond acceptors (Lipinski definition) is 3. The van der Waals surface area contributed by atoms with E-state index in [0.717, 1.165) is 37.4 Å². The zero-order chi connectivity index (χ0) is 17.3. The summed E-state index contributed by atoms with van der Waals surface area (Å²) in [6.07, 6.45) is 3.16. The van der Waals surface area contributed by atoms with Crippen LogP contribution in [-0.4, -0.2) is 32.1 Å². The Balaban J connectivity index is 0.00000243.